The number of aryl methyl sites for hydroxylation is 1. The number of carbonyl (C=O) groups is 1. The van der Waals surface area contributed by atoms with Crippen molar-refractivity contribution in [1.82, 2.24) is 5.32 Å². The van der Waals surface area contributed by atoms with E-state index in [1.807, 2.05) is 24.3 Å². The molecule has 22 heavy (non-hydrogen) atoms. The largest absolute Gasteiger partial charge is 0.497 e. The Morgan fingerprint density at radius 2 is 1.73 bits per heavy atom. The molecule has 1 fully saturated rings. The molecule has 0 unspecified atom stereocenters. The van der Waals surface area contributed by atoms with E-state index in [4.69, 9.17) is 4.74 Å². The zero-order chi connectivity index (χ0) is 15.6. The van der Waals surface area contributed by atoms with Gasteiger partial charge in [-0.2, -0.15) is 0 Å². The van der Waals surface area contributed by atoms with E-state index < -0.39 is 0 Å². The zero-order valence-electron chi connectivity index (χ0n) is 13.1. The van der Waals surface area contributed by atoms with Crippen molar-refractivity contribution < 1.29 is 9.53 Å². The van der Waals surface area contributed by atoms with Crippen LogP contribution in [0.4, 0.5) is 0 Å². The van der Waals surface area contributed by atoms with Gasteiger partial charge in [-0.1, -0.05) is 42.0 Å². The number of amides is 1. The first kappa shape index (κ1) is 14.6. The van der Waals surface area contributed by atoms with E-state index in [0.717, 1.165) is 29.7 Å². The Morgan fingerprint density at radius 1 is 1.09 bits per heavy atom. The van der Waals surface area contributed by atoms with E-state index in [1.54, 1.807) is 7.11 Å². The molecule has 0 atom stereocenters. The van der Waals surface area contributed by atoms with Crippen molar-refractivity contribution in [2.24, 2.45) is 0 Å². The molecule has 0 spiro atoms. The molecule has 1 aliphatic carbocycles. The van der Waals surface area contributed by atoms with E-state index in [1.165, 1.54) is 5.56 Å². The lowest BCUT2D eigenvalue weighted by atomic mass is 9.94. The third kappa shape index (κ3) is 2.84. The third-order valence-electron chi connectivity index (χ3n) is 4.40. The molecule has 0 aromatic heterocycles. The summed E-state index contributed by atoms with van der Waals surface area (Å²) in [5.41, 5.74) is 3.12. The Morgan fingerprint density at radius 3 is 2.27 bits per heavy atom. The summed E-state index contributed by atoms with van der Waals surface area (Å²) < 4.78 is 5.14. The molecule has 3 heteroatoms. The second-order valence-corrected chi connectivity index (χ2v) is 5.98. The third-order valence-corrected chi connectivity index (χ3v) is 4.40. The maximum atomic E-state index is 12.6. The summed E-state index contributed by atoms with van der Waals surface area (Å²) in [5, 5.41) is 3.07. The van der Waals surface area contributed by atoms with Crippen LogP contribution in [0.25, 0.3) is 0 Å². The molecule has 0 radical (unpaired) electrons. The van der Waals surface area contributed by atoms with Gasteiger partial charge in [0.15, 0.2) is 0 Å². The number of benzene rings is 2. The molecule has 1 N–H and O–H groups in total. The monoisotopic (exact) mass is 295 g/mol. The minimum atomic E-state index is -0.305. The second kappa shape index (κ2) is 5.84. The maximum Gasteiger partial charge on any atom is 0.230 e. The van der Waals surface area contributed by atoms with Crippen molar-refractivity contribution in [3.05, 3.63) is 65.2 Å². The fourth-order valence-corrected chi connectivity index (χ4v) is 2.74. The molecule has 0 saturated heterocycles. The second-order valence-electron chi connectivity index (χ2n) is 5.98. The highest BCUT2D eigenvalue weighted by molar-refractivity contribution is 5.91. The molecule has 1 amide bonds. The molecule has 3 rings (SSSR count). The number of carbonyl (C=O) groups excluding carboxylic acids is 1. The lowest BCUT2D eigenvalue weighted by Crippen LogP contribution is -2.34. The minimum absolute atomic E-state index is 0.132. The highest BCUT2D eigenvalue weighted by Gasteiger charge is 2.50. The Balaban J connectivity index is 1.65. The first-order chi connectivity index (χ1) is 10.6. The van der Waals surface area contributed by atoms with Gasteiger partial charge in [0, 0.05) is 6.54 Å². The van der Waals surface area contributed by atoms with Gasteiger partial charge in [-0.3, -0.25) is 4.79 Å². The van der Waals surface area contributed by atoms with Gasteiger partial charge in [-0.05, 0) is 43.0 Å². The van der Waals surface area contributed by atoms with Gasteiger partial charge in [-0.15, -0.1) is 0 Å². The summed E-state index contributed by atoms with van der Waals surface area (Å²) in [4.78, 5) is 12.6. The Bertz CT molecular complexity index is 655. The van der Waals surface area contributed by atoms with Crippen molar-refractivity contribution in [3.63, 3.8) is 0 Å². The fourth-order valence-electron chi connectivity index (χ4n) is 2.74. The highest BCUT2D eigenvalue weighted by atomic mass is 16.5. The van der Waals surface area contributed by atoms with Crippen molar-refractivity contribution >= 4 is 5.91 Å². The zero-order valence-corrected chi connectivity index (χ0v) is 13.1. The van der Waals surface area contributed by atoms with Gasteiger partial charge >= 0.3 is 0 Å². The van der Waals surface area contributed by atoms with Crippen molar-refractivity contribution in [3.8, 4) is 5.75 Å². The highest BCUT2D eigenvalue weighted by Crippen LogP contribution is 2.48. The summed E-state index contributed by atoms with van der Waals surface area (Å²) in [6, 6.07) is 16.1. The molecular weight excluding hydrogens is 274 g/mol. The quantitative estimate of drug-likeness (QED) is 0.918. The minimum Gasteiger partial charge on any atom is -0.497 e. The number of nitrogens with one attached hydrogen (secondary N) is 1. The van der Waals surface area contributed by atoms with E-state index in [0.29, 0.717) is 6.54 Å². The van der Waals surface area contributed by atoms with E-state index in [9.17, 15) is 4.79 Å². The van der Waals surface area contributed by atoms with Crippen LogP contribution in [0.15, 0.2) is 48.5 Å². The van der Waals surface area contributed by atoms with Crippen LogP contribution in [0, 0.1) is 6.92 Å². The van der Waals surface area contributed by atoms with E-state index in [2.05, 4.69) is 36.5 Å². The predicted molar refractivity (Wildman–Crippen MR) is 86.9 cm³/mol. The van der Waals surface area contributed by atoms with Crippen molar-refractivity contribution in [2.75, 3.05) is 7.11 Å². The molecule has 2 aromatic carbocycles. The maximum absolute atomic E-state index is 12.6. The van der Waals surface area contributed by atoms with Crippen LogP contribution >= 0.6 is 0 Å². The van der Waals surface area contributed by atoms with Crippen LogP contribution in [0.1, 0.15) is 29.5 Å². The van der Waals surface area contributed by atoms with Gasteiger partial charge in [0.25, 0.3) is 0 Å². The van der Waals surface area contributed by atoms with Crippen LogP contribution in [-0.4, -0.2) is 13.0 Å². The Labute approximate surface area is 131 Å². The topological polar surface area (TPSA) is 38.3 Å². The fraction of sp³-hybridized carbons (Fsp3) is 0.316. The summed E-state index contributed by atoms with van der Waals surface area (Å²) in [7, 11) is 1.65. The molecule has 0 heterocycles. The number of rotatable bonds is 5. The summed E-state index contributed by atoms with van der Waals surface area (Å²) in [6.45, 7) is 2.61. The first-order valence-electron chi connectivity index (χ1n) is 7.62. The van der Waals surface area contributed by atoms with Gasteiger partial charge in [0.05, 0.1) is 12.5 Å². The van der Waals surface area contributed by atoms with Crippen LogP contribution in [0.2, 0.25) is 0 Å². The van der Waals surface area contributed by atoms with Crippen LogP contribution in [-0.2, 0) is 16.8 Å². The molecule has 1 aliphatic rings. The normalized spacial score (nSPS) is 15.2. The van der Waals surface area contributed by atoms with Gasteiger partial charge in [0.1, 0.15) is 5.75 Å². The van der Waals surface area contributed by atoms with E-state index in [-0.39, 0.29) is 11.3 Å². The molecule has 0 aliphatic heterocycles. The lowest BCUT2D eigenvalue weighted by Gasteiger charge is -2.16. The van der Waals surface area contributed by atoms with Gasteiger partial charge in [-0.25, -0.2) is 0 Å². The van der Waals surface area contributed by atoms with Crippen LogP contribution < -0.4 is 10.1 Å². The molecule has 1 saturated carbocycles. The lowest BCUT2D eigenvalue weighted by molar-refractivity contribution is -0.123. The smallest absolute Gasteiger partial charge is 0.230 e. The number of hydrogen-bond donors (Lipinski definition) is 1. The SMILES string of the molecule is COc1ccc(CNC(=O)C2(c3ccc(C)cc3)CC2)cc1. The van der Waals surface area contributed by atoms with Crippen LogP contribution in [0.5, 0.6) is 5.75 Å². The Kier molecular flexibility index (Phi) is 3.88. The van der Waals surface area contributed by atoms with Crippen LogP contribution in [0.3, 0.4) is 0 Å². The average molecular weight is 295 g/mol. The standard InChI is InChI=1S/C19H21NO2/c1-14-3-7-16(8-4-14)19(11-12-19)18(21)20-13-15-5-9-17(22-2)10-6-15/h3-10H,11-13H2,1-2H3,(H,20,21). The summed E-state index contributed by atoms with van der Waals surface area (Å²) in [6.07, 6.45) is 1.87. The molecule has 0 bridgehead atoms. The van der Waals surface area contributed by atoms with Crippen molar-refractivity contribution in [2.45, 2.75) is 31.7 Å². The van der Waals surface area contributed by atoms with Crippen molar-refractivity contribution in [1.29, 1.82) is 0 Å². The molecule has 2 aromatic rings. The Hall–Kier alpha value is -2.29. The van der Waals surface area contributed by atoms with E-state index >= 15 is 0 Å². The molecule has 114 valence electrons. The number of ether oxygens (including phenoxy) is 1. The number of methoxy groups -OCH3 is 1. The summed E-state index contributed by atoms with van der Waals surface area (Å²) >= 11 is 0. The van der Waals surface area contributed by atoms with Gasteiger partial charge < -0.3 is 10.1 Å². The molecule has 3 nitrogen and oxygen atoms in total. The average Bonchev–Trinajstić information content (AvgIpc) is 3.35. The molecular formula is C19H21NO2. The predicted octanol–water partition coefficient (Wildman–Crippen LogP) is 3.35. The number of hydrogen-bond acceptors (Lipinski definition) is 2. The first-order valence-corrected chi connectivity index (χ1v) is 7.62. The summed E-state index contributed by atoms with van der Waals surface area (Å²) in [5.74, 6) is 0.959. The van der Waals surface area contributed by atoms with Gasteiger partial charge in [0.2, 0.25) is 5.91 Å².